The summed E-state index contributed by atoms with van der Waals surface area (Å²) in [4.78, 5) is 27.6. The molecule has 0 atom stereocenters. The van der Waals surface area contributed by atoms with Gasteiger partial charge in [0, 0.05) is 28.5 Å². The molecule has 0 saturated heterocycles. The van der Waals surface area contributed by atoms with Crippen molar-refractivity contribution >= 4 is 23.2 Å². The van der Waals surface area contributed by atoms with Gasteiger partial charge < -0.3 is 25.4 Å². The van der Waals surface area contributed by atoms with E-state index in [-0.39, 0.29) is 11.8 Å². The van der Waals surface area contributed by atoms with Gasteiger partial charge in [-0.3, -0.25) is 9.59 Å². The van der Waals surface area contributed by atoms with Gasteiger partial charge in [0.25, 0.3) is 11.8 Å². The third kappa shape index (κ3) is 5.35. The van der Waals surface area contributed by atoms with Crippen LogP contribution in [0.3, 0.4) is 0 Å². The molecule has 4 rings (SSSR count). The number of carbonyl (C=O) groups excluding carboxylic acids is 2. The number of benzene rings is 3. The van der Waals surface area contributed by atoms with Crippen molar-refractivity contribution in [3.8, 4) is 11.5 Å². The van der Waals surface area contributed by atoms with Gasteiger partial charge in [-0.2, -0.15) is 0 Å². The number of carbonyl (C=O) groups is 2. The number of anilines is 2. The number of hydrogen-bond donors (Lipinski definition) is 3. The Bertz CT molecular complexity index is 1310. The maximum atomic E-state index is 13.8. The predicted molar refractivity (Wildman–Crippen MR) is 146 cm³/mol. The molecule has 0 spiro atoms. The maximum absolute atomic E-state index is 13.8. The SMILES string of the molecule is COc1ccccc1NC(=O)C1=C(C)NC(C)=C(C(=O)Nc2ccccc2OC)C1c1ccc(C)cc1. The molecule has 0 aliphatic carbocycles. The Morgan fingerprint density at radius 1 is 0.676 bits per heavy atom. The second-order valence-corrected chi connectivity index (χ2v) is 8.85. The number of aryl methyl sites for hydroxylation is 1. The summed E-state index contributed by atoms with van der Waals surface area (Å²) in [6, 6.07) is 22.3. The largest absolute Gasteiger partial charge is 0.495 e. The van der Waals surface area contributed by atoms with E-state index in [1.54, 1.807) is 38.5 Å². The molecule has 1 heterocycles. The smallest absolute Gasteiger partial charge is 0.254 e. The van der Waals surface area contributed by atoms with Crippen molar-refractivity contribution in [1.29, 1.82) is 0 Å². The molecule has 0 fully saturated rings. The van der Waals surface area contributed by atoms with Gasteiger partial charge in [0.05, 0.1) is 25.6 Å². The Morgan fingerprint density at radius 3 is 1.54 bits per heavy atom. The molecule has 1 aliphatic heterocycles. The van der Waals surface area contributed by atoms with Crippen LogP contribution in [0.25, 0.3) is 0 Å². The molecule has 7 nitrogen and oxygen atoms in total. The first kappa shape index (κ1) is 25.6. The van der Waals surface area contributed by atoms with E-state index in [1.807, 2.05) is 69.3 Å². The van der Waals surface area contributed by atoms with E-state index in [0.717, 1.165) is 11.1 Å². The van der Waals surface area contributed by atoms with Gasteiger partial charge in [-0.05, 0) is 50.6 Å². The van der Waals surface area contributed by atoms with Crippen molar-refractivity contribution in [2.45, 2.75) is 26.7 Å². The molecule has 0 bridgehead atoms. The third-order valence-electron chi connectivity index (χ3n) is 6.37. The molecule has 3 aromatic carbocycles. The summed E-state index contributed by atoms with van der Waals surface area (Å²) in [5, 5.41) is 9.21. The summed E-state index contributed by atoms with van der Waals surface area (Å²) in [6.45, 7) is 5.69. The van der Waals surface area contributed by atoms with E-state index in [9.17, 15) is 9.59 Å². The number of rotatable bonds is 7. The Hall–Kier alpha value is -4.52. The fraction of sp³-hybridized carbons (Fsp3) is 0.200. The Balaban J connectivity index is 1.77. The van der Waals surface area contributed by atoms with E-state index >= 15 is 0 Å². The quantitative estimate of drug-likeness (QED) is 0.400. The monoisotopic (exact) mass is 497 g/mol. The molecule has 0 saturated carbocycles. The van der Waals surface area contributed by atoms with Crippen molar-refractivity contribution in [3.05, 3.63) is 106 Å². The van der Waals surface area contributed by atoms with Gasteiger partial charge in [0.2, 0.25) is 0 Å². The molecular formula is C30H31N3O4. The van der Waals surface area contributed by atoms with Gasteiger partial charge in [-0.25, -0.2) is 0 Å². The highest BCUT2D eigenvalue weighted by Gasteiger charge is 2.36. The van der Waals surface area contributed by atoms with E-state index in [0.29, 0.717) is 45.4 Å². The summed E-state index contributed by atoms with van der Waals surface area (Å²) in [5.74, 6) is -0.159. The van der Waals surface area contributed by atoms with Crippen LogP contribution in [0.1, 0.15) is 30.9 Å². The van der Waals surface area contributed by atoms with Crippen molar-refractivity contribution < 1.29 is 19.1 Å². The van der Waals surface area contributed by atoms with Crippen molar-refractivity contribution in [2.75, 3.05) is 24.9 Å². The Kier molecular flexibility index (Phi) is 7.63. The zero-order valence-corrected chi connectivity index (χ0v) is 21.6. The van der Waals surface area contributed by atoms with Crippen LogP contribution in [-0.4, -0.2) is 26.0 Å². The maximum Gasteiger partial charge on any atom is 0.254 e. The second-order valence-electron chi connectivity index (χ2n) is 8.85. The fourth-order valence-electron chi connectivity index (χ4n) is 4.56. The number of dihydropyridines is 1. The fourth-order valence-corrected chi connectivity index (χ4v) is 4.56. The molecule has 0 radical (unpaired) electrons. The van der Waals surface area contributed by atoms with Crippen LogP contribution in [0.2, 0.25) is 0 Å². The number of para-hydroxylation sites is 4. The van der Waals surface area contributed by atoms with Crippen LogP contribution in [0, 0.1) is 6.92 Å². The molecule has 37 heavy (non-hydrogen) atoms. The number of ether oxygens (including phenoxy) is 2. The summed E-state index contributed by atoms with van der Waals surface area (Å²) in [5.41, 5.74) is 5.25. The van der Waals surface area contributed by atoms with Gasteiger partial charge in [-0.1, -0.05) is 54.1 Å². The van der Waals surface area contributed by atoms with Crippen LogP contribution in [0.4, 0.5) is 11.4 Å². The van der Waals surface area contributed by atoms with E-state index in [4.69, 9.17) is 9.47 Å². The topological polar surface area (TPSA) is 88.7 Å². The number of methoxy groups -OCH3 is 2. The first-order chi connectivity index (χ1) is 17.8. The Morgan fingerprint density at radius 2 is 1.11 bits per heavy atom. The lowest BCUT2D eigenvalue weighted by Gasteiger charge is -2.31. The Labute approximate surface area is 217 Å². The van der Waals surface area contributed by atoms with Gasteiger partial charge in [0.15, 0.2) is 0 Å². The summed E-state index contributed by atoms with van der Waals surface area (Å²) in [7, 11) is 3.11. The highest BCUT2D eigenvalue weighted by atomic mass is 16.5. The average molecular weight is 498 g/mol. The number of allylic oxidation sites excluding steroid dienone is 2. The minimum Gasteiger partial charge on any atom is -0.495 e. The van der Waals surface area contributed by atoms with Gasteiger partial charge >= 0.3 is 0 Å². The lowest BCUT2D eigenvalue weighted by atomic mass is 9.79. The van der Waals surface area contributed by atoms with Crippen LogP contribution in [-0.2, 0) is 9.59 Å². The number of amides is 2. The normalized spacial score (nSPS) is 13.6. The van der Waals surface area contributed by atoms with Crippen molar-refractivity contribution in [3.63, 3.8) is 0 Å². The number of nitrogens with one attached hydrogen (secondary N) is 3. The van der Waals surface area contributed by atoms with Gasteiger partial charge in [-0.15, -0.1) is 0 Å². The molecule has 0 unspecified atom stereocenters. The summed E-state index contributed by atoms with van der Waals surface area (Å²) < 4.78 is 10.8. The lowest BCUT2D eigenvalue weighted by molar-refractivity contribution is -0.113. The average Bonchev–Trinajstić information content (AvgIpc) is 2.89. The highest BCUT2D eigenvalue weighted by Crippen LogP contribution is 2.40. The number of hydrogen-bond acceptors (Lipinski definition) is 5. The minimum atomic E-state index is -0.605. The minimum absolute atomic E-state index is 0.324. The van der Waals surface area contributed by atoms with E-state index < -0.39 is 5.92 Å². The predicted octanol–water partition coefficient (Wildman–Crippen LogP) is 5.52. The molecular weight excluding hydrogens is 466 g/mol. The molecule has 2 amide bonds. The molecule has 7 heteroatoms. The van der Waals surface area contributed by atoms with Gasteiger partial charge in [0.1, 0.15) is 11.5 Å². The van der Waals surface area contributed by atoms with Crippen molar-refractivity contribution in [1.82, 2.24) is 5.32 Å². The first-order valence-corrected chi connectivity index (χ1v) is 12.0. The van der Waals surface area contributed by atoms with E-state index in [1.165, 1.54) is 0 Å². The zero-order valence-electron chi connectivity index (χ0n) is 21.6. The molecule has 0 aromatic heterocycles. The zero-order chi connectivity index (χ0) is 26.5. The molecule has 3 aromatic rings. The second kappa shape index (κ2) is 11.0. The van der Waals surface area contributed by atoms with Crippen molar-refractivity contribution in [2.24, 2.45) is 0 Å². The summed E-state index contributed by atoms with van der Waals surface area (Å²) >= 11 is 0. The van der Waals surface area contributed by atoms with Crippen LogP contribution in [0.5, 0.6) is 11.5 Å². The highest BCUT2D eigenvalue weighted by molar-refractivity contribution is 6.12. The standard InChI is InChI=1S/C30H31N3O4/c1-18-14-16-21(17-15-18)28-26(29(34)32-22-10-6-8-12-24(22)36-4)19(2)31-20(3)27(28)30(35)33-23-11-7-9-13-25(23)37-5/h6-17,28,31H,1-5H3,(H,32,34)(H,33,35). The summed E-state index contributed by atoms with van der Waals surface area (Å²) in [6.07, 6.45) is 0. The lowest BCUT2D eigenvalue weighted by Crippen LogP contribution is -2.35. The van der Waals surface area contributed by atoms with E-state index in [2.05, 4.69) is 16.0 Å². The third-order valence-corrected chi connectivity index (χ3v) is 6.37. The molecule has 190 valence electrons. The van der Waals surface area contributed by atoms with Crippen LogP contribution >= 0.6 is 0 Å². The van der Waals surface area contributed by atoms with Crippen LogP contribution in [0.15, 0.2) is 95.3 Å². The first-order valence-electron chi connectivity index (χ1n) is 12.0. The molecule has 3 N–H and O–H groups in total. The van der Waals surface area contributed by atoms with Crippen LogP contribution < -0.4 is 25.4 Å². The molecule has 1 aliphatic rings.